The van der Waals surface area contributed by atoms with Crippen LogP contribution in [-0.4, -0.2) is 11.0 Å². The molecule has 0 radical (unpaired) electrons. The van der Waals surface area contributed by atoms with Crippen LogP contribution >= 0.6 is 0 Å². The molecule has 1 aliphatic carbocycles. The van der Waals surface area contributed by atoms with Gasteiger partial charge in [-0.1, -0.05) is 37.5 Å². The van der Waals surface area contributed by atoms with E-state index in [1.807, 2.05) is 12.1 Å². The van der Waals surface area contributed by atoms with Gasteiger partial charge in [0.15, 0.2) is 11.6 Å². The second-order valence-corrected chi connectivity index (χ2v) is 5.72. The van der Waals surface area contributed by atoms with Crippen molar-refractivity contribution < 1.29 is 9.13 Å². The quantitative estimate of drug-likeness (QED) is 0.886. The smallest absolute Gasteiger partial charge is 0.223 e. The van der Waals surface area contributed by atoms with E-state index in [-0.39, 0.29) is 11.6 Å². The Kier molecular flexibility index (Phi) is 5.01. The van der Waals surface area contributed by atoms with E-state index in [0.29, 0.717) is 18.5 Å². The SMILES string of the molecule is Fc1ccccc1Oc1ncccc1CNC1CCCCC1. The van der Waals surface area contributed by atoms with Crippen molar-refractivity contribution in [3.05, 3.63) is 54.0 Å². The van der Waals surface area contributed by atoms with Gasteiger partial charge in [0.25, 0.3) is 0 Å². The Morgan fingerprint density at radius 1 is 1.09 bits per heavy atom. The van der Waals surface area contributed by atoms with Gasteiger partial charge in [0.2, 0.25) is 5.88 Å². The first-order valence-corrected chi connectivity index (χ1v) is 7.92. The number of hydrogen-bond donors (Lipinski definition) is 1. The third kappa shape index (κ3) is 3.83. The minimum atomic E-state index is -0.376. The molecular formula is C18H21FN2O. The first-order valence-electron chi connectivity index (χ1n) is 7.92. The van der Waals surface area contributed by atoms with Crippen molar-refractivity contribution in [1.82, 2.24) is 10.3 Å². The molecule has 0 atom stereocenters. The maximum atomic E-state index is 13.7. The summed E-state index contributed by atoms with van der Waals surface area (Å²) in [4.78, 5) is 4.25. The van der Waals surface area contributed by atoms with Crippen LogP contribution in [0.15, 0.2) is 42.6 Å². The summed E-state index contributed by atoms with van der Waals surface area (Å²) in [6.45, 7) is 0.697. The summed E-state index contributed by atoms with van der Waals surface area (Å²) >= 11 is 0. The summed E-state index contributed by atoms with van der Waals surface area (Å²) < 4.78 is 19.4. The highest BCUT2D eigenvalue weighted by atomic mass is 19.1. The van der Waals surface area contributed by atoms with Gasteiger partial charge in [0.1, 0.15) is 0 Å². The van der Waals surface area contributed by atoms with Crippen LogP contribution in [0, 0.1) is 5.82 Å². The molecule has 0 amide bonds. The van der Waals surface area contributed by atoms with Crippen LogP contribution in [0.1, 0.15) is 37.7 Å². The third-order valence-corrected chi connectivity index (χ3v) is 4.08. The lowest BCUT2D eigenvalue weighted by atomic mass is 9.95. The fourth-order valence-electron chi connectivity index (χ4n) is 2.84. The summed E-state index contributed by atoms with van der Waals surface area (Å²) in [6.07, 6.45) is 8.05. The third-order valence-electron chi connectivity index (χ3n) is 4.08. The van der Waals surface area contributed by atoms with Crippen molar-refractivity contribution in [3.63, 3.8) is 0 Å². The number of para-hydroxylation sites is 1. The second kappa shape index (κ2) is 7.36. The van der Waals surface area contributed by atoms with Crippen LogP contribution in [0.25, 0.3) is 0 Å². The largest absolute Gasteiger partial charge is 0.436 e. The van der Waals surface area contributed by atoms with Gasteiger partial charge in [-0.3, -0.25) is 0 Å². The monoisotopic (exact) mass is 300 g/mol. The average molecular weight is 300 g/mol. The molecule has 1 aliphatic rings. The van der Waals surface area contributed by atoms with E-state index in [2.05, 4.69) is 10.3 Å². The van der Waals surface area contributed by atoms with E-state index in [1.54, 1.807) is 24.4 Å². The first kappa shape index (κ1) is 15.0. The summed E-state index contributed by atoms with van der Waals surface area (Å²) in [6, 6.07) is 10.8. The summed E-state index contributed by atoms with van der Waals surface area (Å²) in [5.74, 6) is 0.301. The minimum absolute atomic E-state index is 0.208. The lowest BCUT2D eigenvalue weighted by Gasteiger charge is -2.23. The van der Waals surface area contributed by atoms with Crippen LogP contribution in [-0.2, 0) is 6.54 Å². The molecule has 1 aromatic carbocycles. The van der Waals surface area contributed by atoms with Crippen LogP contribution in [0.4, 0.5) is 4.39 Å². The van der Waals surface area contributed by atoms with Gasteiger partial charge in [0.05, 0.1) is 0 Å². The van der Waals surface area contributed by atoms with Crippen molar-refractivity contribution >= 4 is 0 Å². The van der Waals surface area contributed by atoms with Gasteiger partial charge in [0, 0.05) is 24.3 Å². The van der Waals surface area contributed by atoms with Crippen LogP contribution in [0.3, 0.4) is 0 Å². The van der Waals surface area contributed by atoms with Crippen molar-refractivity contribution in [2.45, 2.75) is 44.7 Å². The Balaban J connectivity index is 1.68. The zero-order valence-electron chi connectivity index (χ0n) is 12.6. The van der Waals surface area contributed by atoms with E-state index in [1.165, 1.54) is 38.2 Å². The number of nitrogens with one attached hydrogen (secondary N) is 1. The Bertz CT molecular complexity index is 612. The first-order chi connectivity index (χ1) is 10.8. The average Bonchev–Trinajstić information content (AvgIpc) is 2.57. The number of aromatic nitrogens is 1. The molecule has 1 fully saturated rings. The Morgan fingerprint density at radius 3 is 2.73 bits per heavy atom. The highest BCUT2D eigenvalue weighted by Gasteiger charge is 2.14. The second-order valence-electron chi connectivity index (χ2n) is 5.72. The molecular weight excluding hydrogens is 279 g/mol. The van der Waals surface area contributed by atoms with Crippen molar-refractivity contribution in [2.24, 2.45) is 0 Å². The molecule has 0 saturated heterocycles. The Hall–Kier alpha value is -1.94. The molecule has 3 nitrogen and oxygen atoms in total. The fourth-order valence-corrected chi connectivity index (χ4v) is 2.84. The van der Waals surface area contributed by atoms with E-state index in [9.17, 15) is 4.39 Å². The van der Waals surface area contributed by atoms with Crippen LogP contribution in [0.2, 0.25) is 0 Å². The van der Waals surface area contributed by atoms with Crippen molar-refractivity contribution in [1.29, 1.82) is 0 Å². The molecule has 1 heterocycles. The maximum Gasteiger partial charge on any atom is 0.223 e. The number of rotatable bonds is 5. The molecule has 2 aromatic rings. The van der Waals surface area contributed by atoms with E-state index >= 15 is 0 Å². The van der Waals surface area contributed by atoms with Crippen LogP contribution < -0.4 is 10.1 Å². The number of hydrogen-bond acceptors (Lipinski definition) is 3. The van der Waals surface area contributed by atoms with Crippen molar-refractivity contribution in [2.75, 3.05) is 0 Å². The molecule has 0 spiro atoms. The molecule has 0 bridgehead atoms. The number of halogens is 1. The molecule has 1 N–H and O–H groups in total. The molecule has 3 rings (SSSR count). The van der Waals surface area contributed by atoms with Gasteiger partial charge < -0.3 is 10.1 Å². The number of benzene rings is 1. The summed E-state index contributed by atoms with van der Waals surface area (Å²) in [5.41, 5.74) is 0.955. The van der Waals surface area contributed by atoms with Gasteiger partial charge in [-0.05, 0) is 31.0 Å². The fraction of sp³-hybridized carbons (Fsp3) is 0.389. The highest BCUT2D eigenvalue weighted by molar-refractivity contribution is 5.33. The van der Waals surface area contributed by atoms with Gasteiger partial charge >= 0.3 is 0 Å². The molecule has 22 heavy (non-hydrogen) atoms. The Labute approximate surface area is 130 Å². The van der Waals surface area contributed by atoms with E-state index in [4.69, 9.17) is 4.74 Å². The number of ether oxygens (including phenoxy) is 1. The van der Waals surface area contributed by atoms with Crippen LogP contribution in [0.5, 0.6) is 11.6 Å². The zero-order valence-corrected chi connectivity index (χ0v) is 12.6. The van der Waals surface area contributed by atoms with E-state index < -0.39 is 0 Å². The predicted octanol–water partition coefficient (Wildman–Crippen LogP) is 4.44. The molecule has 116 valence electrons. The molecule has 4 heteroatoms. The lowest BCUT2D eigenvalue weighted by molar-refractivity contribution is 0.367. The molecule has 0 aliphatic heterocycles. The van der Waals surface area contributed by atoms with Gasteiger partial charge in [-0.2, -0.15) is 0 Å². The number of nitrogens with zero attached hydrogens (tertiary/aromatic N) is 1. The van der Waals surface area contributed by atoms with E-state index in [0.717, 1.165) is 5.56 Å². The molecule has 1 saturated carbocycles. The predicted molar refractivity (Wildman–Crippen MR) is 84.4 cm³/mol. The standard InChI is InChI=1S/C18H21FN2O/c19-16-10-4-5-11-17(16)22-18-14(7-6-12-20-18)13-21-15-8-2-1-3-9-15/h4-7,10-12,15,21H,1-3,8-9,13H2. The maximum absolute atomic E-state index is 13.7. The normalized spacial score (nSPS) is 15.7. The van der Waals surface area contributed by atoms with Crippen molar-refractivity contribution in [3.8, 4) is 11.6 Å². The number of pyridine rings is 1. The minimum Gasteiger partial charge on any atom is -0.436 e. The topological polar surface area (TPSA) is 34.1 Å². The molecule has 1 aromatic heterocycles. The summed E-state index contributed by atoms with van der Waals surface area (Å²) in [7, 11) is 0. The van der Waals surface area contributed by atoms with Gasteiger partial charge in [-0.25, -0.2) is 9.37 Å². The molecule has 0 unspecified atom stereocenters. The lowest BCUT2D eigenvalue weighted by Crippen LogP contribution is -2.30. The summed E-state index contributed by atoms with van der Waals surface area (Å²) in [5, 5.41) is 3.56. The van der Waals surface area contributed by atoms with Gasteiger partial charge in [-0.15, -0.1) is 0 Å². The Morgan fingerprint density at radius 2 is 1.91 bits per heavy atom. The highest BCUT2D eigenvalue weighted by Crippen LogP contribution is 2.25. The zero-order chi connectivity index (χ0) is 15.2.